The first-order chi connectivity index (χ1) is 11.0. The van der Waals surface area contributed by atoms with Crippen molar-refractivity contribution in [2.45, 2.75) is 24.4 Å². The highest BCUT2D eigenvalue weighted by atomic mass is 32.2. The Labute approximate surface area is 138 Å². The number of carbonyl (C=O) groups is 1. The van der Waals surface area contributed by atoms with Gasteiger partial charge >= 0.3 is 12.2 Å². The minimum absolute atomic E-state index is 0.0134. The summed E-state index contributed by atoms with van der Waals surface area (Å²) in [7, 11) is -4.08. The number of hydrogen-bond donors (Lipinski definition) is 1. The Morgan fingerprint density at radius 2 is 1.83 bits per heavy atom. The fourth-order valence-corrected chi connectivity index (χ4v) is 4.07. The van der Waals surface area contributed by atoms with Crippen molar-refractivity contribution in [2.24, 2.45) is 5.73 Å². The molecule has 10 heteroatoms. The van der Waals surface area contributed by atoms with Gasteiger partial charge in [0, 0.05) is 26.2 Å². The minimum Gasteiger partial charge on any atom is -0.351 e. The maximum atomic E-state index is 13.0. The van der Waals surface area contributed by atoms with Crippen LogP contribution in [0.2, 0.25) is 0 Å². The molecule has 0 aromatic heterocycles. The van der Waals surface area contributed by atoms with E-state index in [-0.39, 0.29) is 25.2 Å². The summed E-state index contributed by atoms with van der Waals surface area (Å²) >= 11 is 0. The lowest BCUT2D eigenvalue weighted by Crippen LogP contribution is -2.39. The Morgan fingerprint density at radius 1 is 1.17 bits per heavy atom. The van der Waals surface area contributed by atoms with E-state index in [1.807, 2.05) is 0 Å². The van der Waals surface area contributed by atoms with Crippen LogP contribution in [0.4, 0.5) is 18.0 Å². The monoisotopic (exact) mass is 365 g/mol. The van der Waals surface area contributed by atoms with Gasteiger partial charge < -0.3 is 10.6 Å². The molecule has 1 aliphatic rings. The summed E-state index contributed by atoms with van der Waals surface area (Å²) in [5, 5.41) is 0. The molecule has 1 fully saturated rings. The van der Waals surface area contributed by atoms with Crippen LogP contribution in [0.25, 0.3) is 0 Å². The first-order valence-electron chi connectivity index (χ1n) is 7.26. The Kier molecular flexibility index (Phi) is 5.09. The number of primary amides is 1. The molecule has 1 aromatic carbocycles. The van der Waals surface area contributed by atoms with Crippen molar-refractivity contribution in [3.05, 3.63) is 29.3 Å². The Balaban J connectivity index is 2.32. The largest absolute Gasteiger partial charge is 0.416 e. The quantitative estimate of drug-likeness (QED) is 0.867. The van der Waals surface area contributed by atoms with Crippen molar-refractivity contribution in [1.29, 1.82) is 0 Å². The number of nitrogens with two attached hydrogens (primary N) is 1. The average Bonchev–Trinajstić information content (AvgIpc) is 2.72. The van der Waals surface area contributed by atoms with Crippen molar-refractivity contribution >= 4 is 16.1 Å². The van der Waals surface area contributed by atoms with Gasteiger partial charge in [-0.1, -0.05) is 6.07 Å². The molecule has 1 saturated heterocycles. The van der Waals surface area contributed by atoms with E-state index in [2.05, 4.69) is 0 Å². The topological polar surface area (TPSA) is 83.7 Å². The van der Waals surface area contributed by atoms with Gasteiger partial charge in [0.2, 0.25) is 10.0 Å². The van der Waals surface area contributed by atoms with Gasteiger partial charge in [0.25, 0.3) is 0 Å². The standard InChI is InChI=1S/C14H18F3N3O3S/c1-10-3-4-11(9-12(10)14(15,16)17)24(22,23)20-6-2-5-19(7-8-20)13(18)21/h3-4,9H,2,5-8H2,1H3,(H2,18,21). The van der Waals surface area contributed by atoms with Crippen LogP contribution in [0.1, 0.15) is 17.5 Å². The van der Waals surface area contributed by atoms with Crippen molar-refractivity contribution < 1.29 is 26.4 Å². The summed E-state index contributed by atoms with van der Waals surface area (Å²) < 4.78 is 65.3. The zero-order valence-electron chi connectivity index (χ0n) is 13.0. The Bertz CT molecular complexity index is 735. The van der Waals surface area contributed by atoms with Crippen molar-refractivity contribution in [3.8, 4) is 0 Å². The number of carbonyl (C=O) groups excluding carboxylic acids is 1. The van der Waals surface area contributed by atoms with Crippen LogP contribution >= 0.6 is 0 Å². The molecule has 0 atom stereocenters. The molecule has 24 heavy (non-hydrogen) atoms. The second kappa shape index (κ2) is 6.60. The third-order valence-corrected chi connectivity index (χ3v) is 5.81. The van der Waals surface area contributed by atoms with Gasteiger partial charge in [-0.05, 0) is 31.0 Å². The average molecular weight is 365 g/mol. The molecule has 2 N–H and O–H groups in total. The summed E-state index contributed by atoms with van der Waals surface area (Å²) in [6, 6.07) is 2.31. The van der Waals surface area contributed by atoms with Crippen molar-refractivity contribution in [1.82, 2.24) is 9.21 Å². The third kappa shape index (κ3) is 3.81. The fraction of sp³-hybridized carbons (Fsp3) is 0.500. The smallest absolute Gasteiger partial charge is 0.351 e. The summed E-state index contributed by atoms with van der Waals surface area (Å²) in [5.74, 6) is 0. The van der Waals surface area contributed by atoms with E-state index in [0.29, 0.717) is 19.0 Å². The predicted molar refractivity (Wildman–Crippen MR) is 80.7 cm³/mol. The van der Waals surface area contributed by atoms with Crippen molar-refractivity contribution in [3.63, 3.8) is 0 Å². The van der Waals surface area contributed by atoms with E-state index in [0.717, 1.165) is 16.4 Å². The molecule has 134 valence electrons. The molecule has 0 aliphatic carbocycles. The molecule has 2 rings (SSSR count). The number of alkyl halides is 3. The molecule has 2 amide bonds. The van der Waals surface area contributed by atoms with E-state index in [4.69, 9.17) is 5.73 Å². The van der Waals surface area contributed by atoms with Crippen molar-refractivity contribution in [2.75, 3.05) is 26.2 Å². The molecule has 1 heterocycles. The zero-order chi connectivity index (χ0) is 18.1. The van der Waals surface area contributed by atoms with Gasteiger partial charge in [-0.15, -0.1) is 0 Å². The maximum absolute atomic E-state index is 13.0. The van der Waals surface area contributed by atoms with Crippen LogP contribution in [-0.4, -0.2) is 49.8 Å². The molecule has 6 nitrogen and oxygen atoms in total. The number of nitrogens with zero attached hydrogens (tertiary/aromatic N) is 2. The summed E-state index contributed by atoms with van der Waals surface area (Å²) in [5.41, 5.74) is 4.16. The van der Waals surface area contributed by atoms with E-state index >= 15 is 0 Å². The van der Waals surface area contributed by atoms with Crippen LogP contribution in [-0.2, 0) is 16.2 Å². The highest BCUT2D eigenvalue weighted by molar-refractivity contribution is 7.89. The number of amides is 2. The Morgan fingerprint density at radius 3 is 2.42 bits per heavy atom. The van der Waals surface area contributed by atoms with Crippen LogP contribution in [0.15, 0.2) is 23.1 Å². The highest BCUT2D eigenvalue weighted by Gasteiger charge is 2.35. The van der Waals surface area contributed by atoms with Gasteiger partial charge in [-0.3, -0.25) is 0 Å². The number of hydrogen-bond acceptors (Lipinski definition) is 3. The van der Waals surface area contributed by atoms with E-state index in [1.54, 1.807) is 0 Å². The lowest BCUT2D eigenvalue weighted by Gasteiger charge is -2.21. The lowest BCUT2D eigenvalue weighted by molar-refractivity contribution is -0.138. The summed E-state index contributed by atoms with van der Waals surface area (Å²) in [4.78, 5) is 12.1. The Hall–Kier alpha value is -1.81. The molecule has 0 unspecified atom stereocenters. The van der Waals surface area contributed by atoms with Crippen LogP contribution in [0.3, 0.4) is 0 Å². The predicted octanol–water partition coefficient (Wildman–Crippen LogP) is 1.79. The van der Waals surface area contributed by atoms with E-state index in [1.165, 1.54) is 11.8 Å². The van der Waals surface area contributed by atoms with Crippen LogP contribution in [0, 0.1) is 6.92 Å². The van der Waals surface area contributed by atoms with Gasteiger partial charge in [0.15, 0.2) is 0 Å². The first kappa shape index (κ1) is 18.5. The molecular formula is C14H18F3N3O3S. The number of sulfonamides is 1. The molecule has 0 bridgehead atoms. The van der Waals surface area contributed by atoms with Gasteiger partial charge in [-0.25, -0.2) is 13.2 Å². The number of halogens is 3. The SMILES string of the molecule is Cc1ccc(S(=O)(=O)N2CCCN(C(N)=O)CC2)cc1C(F)(F)F. The molecule has 0 spiro atoms. The van der Waals surface area contributed by atoms with E-state index in [9.17, 15) is 26.4 Å². The summed E-state index contributed by atoms with van der Waals surface area (Å²) in [6.07, 6.45) is -4.27. The highest BCUT2D eigenvalue weighted by Crippen LogP contribution is 2.33. The second-order valence-electron chi connectivity index (χ2n) is 5.56. The number of benzene rings is 1. The summed E-state index contributed by atoms with van der Waals surface area (Å²) in [6.45, 7) is 1.79. The van der Waals surface area contributed by atoms with Crippen LogP contribution in [0.5, 0.6) is 0 Å². The van der Waals surface area contributed by atoms with Gasteiger partial charge in [0.05, 0.1) is 10.5 Å². The van der Waals surface area contributed by atoms with Crippen LogP contribution < -0.4 is 5.73 Å². The third-order valence-electron chi connectivity index (χ3n) is 3.92. The lowest BCUT2D eigenvalue weighted by atomic mass is 10.1. The zero-order valence-corrected chi connectivity index (χ0v) is 13.8. The number of aryl methyl sites for hydroxylation is 1. The first-order valence-corrected chi connectivity index (χ1v) is 8.70. The second-order valence-corrected chi connectivity index (χ2v) is 7.50. The van der Waals surface area contributed by atoms with Gasteiger partial charge in [-0.2, -0.15) is 17.5 Å². The molecule has 1 aliphatic heterocycles. The fourth-order valence-electron chi connectivity index (χ4n) is 2.57. The number of rotatable bonds is 2. The normalized spacial score (nSPS) is 17.6. The molecule has 1 aromatic rings. The molecule has 0 saturated carbocycles. The maximum Gasteiger partial charge on any atom is 0.416 e. The number of urea groups is 1. The minimum atomic E-state index is -4.63. The van der Waals surface area contributed by atoms with E-state index < -0.39 is 32.7 Å². The van der Waals surface area contributed by atoms with Gasteiger partial charge in [0.1, 0.15) is 0 Å². The molecule has 0 radical (unpaired) electrons. The molecular weight excluding hydrogens is 347 g/mol.